The molecule has 1 aromatic heterocycles. The Labute approximate surface area is 148 Å². The predicted molar refractivity (Wildman–Crippen MR) is 93.1 cm³/mol. The Kier molecular flexibility index (Phi) is 5.01. The zero-order valence-corrected chi connectivity index (χ0v) is 15.4. The molecule has 7 nitrogen and oxygen atoms in total. The van der Waals surface area contributed by atoms with Crippen LogP contribution in [0.15, 0.2) is 12.3 Å². The number of carbonyl (C=O) groups is 2. The van der Waals surface area contributed by atoms with Crippen molar-refractivity contribution in [1.29, 1.82) is 0 Å². The second-order valence-electron chi connectivity index (χ2n) is 7.33. The molecule has 1 spiro atoms. The molecule has 2 fully saturated rings. The van der Waals surface area contributed by atoms with E-state index in [1.165, 1.54) is 0 Å². The van der Waals surface area contributed by atoms with Gasteiger partial charge < -0.3 is 14.5 Å². The number of aromatic nitrogens is 2. The summed E-state index contributed by atoms with van der Waals surface area (Å²) in [6.45, 7) is 8.31. The zero-order chi connectivity index (χ0) is 18.0. The van der Waals surface area contributed by atoms with Crippen molar-refractivity contribution >= 4 is 12.0 Å². The molecule has 0 bridgehead atoms. The van der Waals surface area contributed by atoms with E-state index in [2.05, 4.69) is 18.9 Å². The van der Waals surface area contributed by atoms with Gasteiger partial charge in [0.05, 0.1) is 6.54 Å². The average Bonchev–Trinajstić information content (AvgIpc) is 3.12. The molecule has 0 aromatic carbocycles. The number of aryl methyl sites for hydroxylation is 1. The van der Waals surface area contributed by atoms with Gasteiger partial charge in [-0.2, -0.15) is 5.10 Å². The van der Waals surface area contributed by atoms with Gasteiger partial charge in [-0.3, -0.25) is 9.48 Å². The highest BCUT2D eigenvalue weighted by molar-refractivity contribution is 5.76. The Bertz CT molecular complexity index is 634. The summed E-state index contributed by atoms with van der Waals surface area (Å²) >= 11 is 0. The number of carbonyl (C=O) groups excluding carboxylic acids is 2. The summed E-state index contributed by atoms with van der Waals surface area (Å²) in [6, 6.07) is 2.10. The summed E-state index contributed by atoms with van der Waals surface area (Å²) in [5, 5.41) is 4.17. The van der Waals surface area contributed by atoms with Gasteiger partial charge in [0.1, 0.15) is 12.1 Å². The van der Waals surface area contributed by atoms with Gasteiger partial charge in [0.15, 0.2) is 0 Å². The number of ether oxygens (including phenoxy) is 1. The van der Waals surface area contributed by atoms with Gasteiger partial charge in [0.25, 0.3) is 0 Å². The van der Waals surface area contributed by atoms with Crippen molar-refractivity contribution in [3.05, 3.63) is 18.0 Å². The van der Waals surface area contributed by atoms with Crippen LogP contribution in [0.3, 0.4) is 0 Å². The first-order valence-corrected chi connectivity index (χ1v) is 9.20. The standard InChI is InChI=1S/C18H28N4O3/c1-4-5-14(2)21-13-18(25-17(21)24)7-10-20(11-8-18)16(23)12-22-15(3)6-9-19-22/h6,9,14H,4-5,7-8,10-13H2,1-3H3. The van der Waals surface area contributed by atoms with E-state index in [9.17, 15) is 9.59 Å². The van der Waals surface area contributed by atoms with E-state index in [-0.39, 0.29) is 24.6 Å². The van der Waals surface area contributed by atoms with Gasteiger partial charge in [-0.1, -0.05) is 13.3 Å². The smallest absolute Gasteiger partial charge is 0.410 e. The Hall–Kier alpha value is -2.05. The van der Waals surface area contributed by atoms with E-state index >= 15 is 0 Å². The minimum absolute atomic E-state index is 0.0715. The van der Waals surface area contributed by atoms with Crippen molar-refractivity contribution in [3.63, 3.8) is 0 Å². The van der Waals surface area contributed by atoms with Crippen LogP contribution in [0.1, 0.15) is 45.2 Å². The van der Waals surface area contributed by atoms with Gasteiger partial charge in [-0.15, -0.1) is 0 Å². The monoisotopic (exact) mass is 348 g/mol. The summed E-state index contributed by atoms with van der Waals surface area (Å²) in [5.74, 6) is 0.0715. The highest BCUT2D eigenvalue weighted by atomic mass is 16.6. The molecule has 0 saturated carbocycles. The first-order valence-electron chi connectivity index (χ1n) is 9.20. The number of amides is 2. The predicted octanol–water partition coefficient (Wildman–Crippen LogP) is 2.19. The summed E-state index contributed by atoms with van der Waals surface area (Å²) in [7, 11) is 0. The van der Waals surface area contributed by atoms with Crippen molar-refractivity contribution in [2.45, 2.75) is 64.6 Å². The van der Waals surface area contributed by atoms with Crippen molar-refractivity contribution in [2.75, 3.05) is 19.6 Å². The Morgan fingerprint density at radius 2 is 2.12 bits per heavy atom. The number of piperidine rings is 1. The fourth-order valence-electron chi connectivity index (χ4n) is 3.78. The zero-order valence-electron chi connectivity index (χ0n) is 15.4. The number of rotatable bonds is 5. The van der Waals surface area contributed by atoms with E-state index in [0.717, 1.165) is 18.5 Å². The van der Waals surface area contributed by atoms with Crippen LogP contribution in [-0.2, 0) is 16.1 Å². The quantitative estimate of drug-likeness (QED) is 0.818. The van der Waals surface area contributed by atoms with Crippen LogP contribution in [-0.4, -0.2) is 62.9 Å². The molecule has 1 aromatic rings. The van der Waals surface area contributed by atoms with Crippen molar-refractivity contribution in [1.82, 2.24) is 19.6 Å². The summed E-state index contributed by atoms with van der Waals surface area (Å²) in [6.07, 6.45) is 4.95. The van der Waals surface area contributed by atoms with Crippen LogP contribution >= 0.6 is 0 Å². The van der Waals surface area contributed by atoms with E-state index in [0.29, 0.717) is 32.5 Å². The number of nitrogens with zero attached hydrogens (tertiary/aromatic N) is 4. The van der Waals surface area contributed by atoms with Crippen molar-refractivity contribution < 1.29 is 14.3 Å². The number of hydrogen-bond donors (Lipinski definition) is 0. The van der Waals surface area contributed by atoms with E-state index < -0.39 is 5.60 Å². The van der Waals surface area contributed by atoms with Crippen LogP contribution in [0.25, 0.3) is 0 Å². The molecule has 138 valence electrons. The highest BCUT2D eigenvalue weighted by Crippen LogP contribution is 2.34. The lowest BCUT2D eigenvalue weighted by Gasteiger charge is -2.37. The molecule has 1 atom stereocenters. The molecule has 2 aliphatic rings. The normalized spacial score (nSPS) is 20.8. The largest absolute Gasteiger partial charge is 0.441 e. The van der Waals surface area contributed by atoms with Crippen molar-refractivity contribution in [3.8, 4) is 0 Å². The van der Waals surface area contributed by atoms with E-state index in [4.69, 9.17) is 4.74 Å². The third kappa shape index (κ3) is 3.65. The van der Waals surface area contributed by atoms with Gasteiger partial charge in [-0.05, 0) is 26.3 Å². The molecular weight excluding hydrogens is 320 g/mol. The van der Waals surface area contributed by atoms with Gasteiger partial charge in [-0.25, -0.2) is 4.79 Å². The molecule has 2 aliphatic heterocycles. The van der Waals surface area contributed by atoms with Crippen LogP contribution in [0.5, 0.6) is 0 Å². The van der Waals surface area contributed by atoms with Crippen LogP contribution < -0.4 is 0 Å². The molecule has 7 heteroatoms. The summed E-state index contributed by atoms with van der Waals surface area (Å²) < 4.78 is 7.47. The highest BCUT2D eigenvalue weighted by Gasteiger charge is 2.48. The fraction of sp³-hybridized carbons (Fsp3) is 0.722. The molecular formula is C18H28N4O3. The minimum atomic E-state index is -0.419. The number of likely N-dealkylation sites (tertiary alicyclic amines) is 1. The summed E-state index contributed by atoms with van der Waals surface area (Å²) in [4.78, 5) is 28.4. The maximum atomic E-state index is 12.5. The molecule has 0 aliphatic carbocycles. The molecule has 3 heterocycles. The first-order chi connectivity index (χ1) is 11.9. The SMILES string of the molecule is CCCC(C)N1CC2(CCN(C(=O)Cn3nccc3C)CC2)OC1=O. The van der Waals surface area contributed by atoms with E-state index in [1.54, 1.807) is 10.9 Å². The lowest BCUT2D eigenvalue weighted by Crippen LogP contribution is -2.49. The lowest BCUT2D eigenvalue weighted by molar-refractivity contribution is -0.135. The second-order valence-corrected chi connectivity index (χ2v) is 7.33. The molecule has 3 rings (SSSR count). The van der Waals surface area contributed by atoms with Gasteiger partial charge >= 0.3 is 6.09 Å². The third-order valence-corrected chi connectivity index (χ3v) is 5.48. The van der Waals surface area contributed by atoms with Gasteiger partial charge in [0, 0.05) is 43.9 Å². The molecule has 0 radical (unpaired) electrons. The maximum absolute atomic E-state index is 12.5. The number of hydrogen-bond acceptors (Lipinski definition) is 4. The molecule has 0 N–H and O–H groups in total. The molecule has 25 heavy (non-hydrogen) atoms. The summed E-state index contributed by atoms with van der Waals surface area (Å²) in [5.41, 5.74) is 0.560. The molecule has 1 unspecified atom stereocenters. The molecule has 2 saturated heterocycles. The van der Waals surface area contributed by atoms with Gasteiger partial charge in [0.2, 0.25) is 5.91 Å². The average molecular weight is 348 g/mol. The second kappa shape index (κ2) is 7.06. The van der Waals surface area contributed by atoms with Crippen LogP contribution in [0.2, 0.25) is 0 Å². The topological polar surface area (TPSA) is 67.7 Å². The lowest BCUT2D eigenvalue weighted by atomic mass is 9.91. The van der Waals surface area contributed by atoms with E-state index in [1.807, 2.05) is 22.8 Å². The van der Waals surface area contributed by atoms with Crippen LogP contribution in [0, 0.1) is 6.92 Å². The third-order valence-electron chi connectivity index (χ3n) is 5.48. The molecule has 2 amide bonds. The van der Waals surface area contributed by atoms with Crippen molar-refractivity contribution in [2.24, 2.45) is 0 Å². The minimum Gasteiger partial charge on any atom is -0.441 e. The Morgan fingerprint density at radius 3 is 2.72 bits per heavy atom. The Morgan fingerprint density at radius 1 is 1.40 bits per heavy atom. The maximum Gasteiger partial charge on any atom is 0.410 e. The first kappa shape index (κ1) is 17.8. The Balaban J connectivity index is 1.56. The van der Waals surface area contributed by atoms with Crippen LogP contribution in [0.4, 0.5) is 4.79 Å². The fourth-order valence-corrected chi connectivity index (χ4v) is 3.78.